The molecule has 3 rings (SSSR count). The number of carbonyl (C=O) groups is 1. The third-order valence-electron chi connectivity index (χ3n) is 4.88. The minimum absolute atomic E-state index is 0.0991. The van der Waals surface area contributed by atoms with Crippen LogP contribution in [0, 0.1) is 5.82 Å². The van der Waals surface area contributed by atoms with Crippen LogP contribution in [0.1, 0.15) is 37.1 Å². The molecule has 1 amide bonds. The molecule has 0 heterocycles. The monoisotopic (exact) mass is 456 g/mol. The van der Waals surface area contributed by atoms with Crippen LogP contribution in [0.5, 0.6) is 5.75 Å². The number of nitrogens with one attached hydrogen (secondary N) is 2. The molecule has 2 N–H and O–H groups in total. The molecule has 0 aliphatic carbocycles. The van der Waals surface area contributed by atoms with E-state index in [4.69, 9.17) is 4.74 Å². The summed E-state index contributed by atoms with van der Waals surface area (Å²) in [4.78, 5) is 12.2. The van der Waals surface area contributed by atoms with Crippen LogP contribution in [0.15, 0.2) is 83.8 Å². The lowest BCUT2D eigenvalue weighted by atomic mass is 10.1. The van der Waals surface area contributed by atoms with Gasteiger partial charge in [0.15, 0.2) is 6.61 Å². The molecule has 0 saturated heterocycles. The highest BCUT2D eigenvalue weighted by Gasteiger charge is 2.18. The molecule has 0 aliphatic heterocycles. The van der Waals surface area contributed by atoms with Crippen molar-refractivity contribution in [2.24, 2.45) is 0 Å². The largest absolute Gasteiger partial charge is 0.484 e. The van der Waals surface area contributed by atoms with Gasteiger partial charge < -0.3 is 10.1 Å². The summed E-state index contributed by atoms with van der Waals surface area (Å²) in [6.45, 7) is 3.32. The second-order valence-electron chi connectivity index (χ2n) is 7.35. The maximum absolute atomic E-state index is 13.0. The van der Waals surface area contributed by atoms with Crippen molar-refractivity contribution in [2.75, 3.05) is 6.61 Å². The highest BCUT2D eigenvalue weighted by Crippen LogP contribution is 2.20. The second kappa shape index (κ2) is 10.4. The number of benzene rings is 3. The number of carbonyl (C=O) groups excluding carboxylic acids is 1. The van der Waals surface area contributed by atoms with E-state index in [0.29, 0.717) is 5.75 Å². The van der Waals surface area contributed by atoms with Crippen molar-refractivity contribution in [3.8, 4) is 5.75 Å². The van der Waals surface area contributed by atoms with Crippen molar-refractivity contribution in [3.63, 3.8) is 0 Å². The van der Waals surface area contributed by atoms with Gasteiger partial charge in [0.1, 0.15) is 11.6 Å². The Morgan fingerprint density at radius 3 is 2.09 bits per heavy atom. The molecule has 0 saturated carbocycles. The molecule has 0 bridgehead atoms. The molecule has 2 unspecified atom stereocenters. The van der Waals surface area contributed by atoms with Crippen LogP contribution >= 0.6 is 0 Å². The van der Waals surface area contributed by atoms with Crippen LogP contribution in [0.3, 0.4) is 0 Å². The molecule has 0 aromatic heterocycles. The molecule has 3 aromatic carbocycles. The first-order valence-electron chi connectivity index (χ1n) is 10.1. The van der Waals surface area contributed by atoms with Crippen LogP contribution in [-0.2, 0) is 14.8 Å². The van der Waals surface area contributed by atoms with Gasteiger partial charge in [0.2, 0.25) is 10.0 Å². The zero-order valence-corrected chi connectivity index (χ0v) is 18.6. The summed E-state index contributed by atoms with van der Waals surface area (Å²) in [5.74, 6) is -0.327. The van der Waals surface area contributed by atoms with Gasteiger partial charge in [0.25, 0.3) is 5.91 Å². The fourth-order valence-corrected chi connectivity index (χ4v) is 4.32. The Balaban J connectivity index is 1.53. The van der Waals surface area contributed by atoms with Gasteiger partial charge >= 0.3 is 0 Å². The minimum Gasteiger partial charge on any atom is -0.484 e. The van der Waals surface area contributed by atoms with Gasteiger partial charge in [-0.1, -0.05) is 42.5 Å². The van der Waals surface area contributed by atoms with Crippen molar-refractivity contribution in [2.45, 2.75) is 30.8 Å². The maximum atomic E-state index is 13.0. The summed E-state index contributed by atoms with van der Waals surface area (Å²) >= 11 is 0. The van der Waals surface area contributed by atoms with Crippen LogP contribution in [0.4, 0.5) is 4.39 Å². The average Bonchev–Trinajstić information content (AvgIpc) is 2.78. The Bertz CT molecular complexity index is 1130. The lowest BCUT2D eigenvalue weighted by molar-refractivity contribution is -0.123. The predicted octanol–water partition coefficient (Wildman–Crippen LogP) is 4.12. The van der Waals surface area contributed by atoms with Crippen LogP contribution in [-0.4, -0.2) is 20.9 Å². The topological polar surface area (TPSA) is 84.5 Å². The predicted molar refractivity (Wildman–Crippen MR) is 120 cm³/mol. The summed E-state index contributed by atoms with van der Waals surface area (Å²) < 4.78 is 46.4. The first-order valence-corrected chi connectivity index (χ1v) is 11.6. The highest BCUT2D eigenvalue weighted by molar-refractivity contribution is 7.89. The Kier molecular flexibility index (Phi) is 7.61. The summed E-state index contributed by atoms with van der Waals surface area (Å²) in [6, 6.07) is 20.3. The number of ether oxygens (including phenoxy) is 1. The number of halogens is 1. The van der Waals surface area contributed by atoms with Crippen LogP contribution < -0.4 is 14.8 Å². The zero-order chi connectivity index (χ0) is 23.1. The zero-order valence-electron chi connectivity index (χ0n) is 17.8. The Hall–Kier alpha value is -3.23. The van der Waals surface area contributed by atoms with Crippen LogP contribution in [0.2, 0.25) is 0 Å². The number of sulfonamides is 1. The van der Waals surface area contributed by atoms with Crippen molar-refractivity contribution in [1.29, 1.82) is 0 Å². The highest BCUT2D eigenvalue weighted by atomic mass is 32.2. The molecular weight excluding hydrogens is 431 g/mol. The van der Waals surface area contributed by atoms with Gasteiger partial charge in [-0.25, -0.2) is 17.5 Å². The van der Waals surface area contributed by atoms with Gasteiger partial charge in [0.05, 0.1) is 10.9 Å². The lowest BCUT2D eigenvalue weighted by Crippen LogP contribution is -2.31. The van der Waals surface area contributed by atoms with Gasteiger partial charge in [-0.05, 0) is 61.4 Å². The minimum atomic E-state index is -3.72. The Morgan fingerprint density at radius 2 is 1.47 bits per heavy atom. The quantitative estimate of drug-likeness (QED) is 0.507. The molecule has 6 nitrogen and oxygen atoms in total. The van der Waals surface area contributed by atoms with Gasteiger partial charge in [-0.15, -0.1) is 0 Å². The molecule has 0 spiro atoms. The molecule has 2 atom stereocenters. The van der Waals surface area contributed by atoms with E-state index in [2.05, 4.69) is 10.0 Å². The molecule has 0 aliphatic rings. The third kappa shape index (κ3) is 6.38. The van der Waals surface area contributed by atoms with Crippen LogP contribution in [0.25, 0.3) is 0 Å². The summed E-state index contributed by atoms with van der Waals surface area (Å²) in [6.07, 6.45) is 0. The summed E-state index contributed by atoms with van der Waals surface area (Å²) in [5.41, 5.74) is 1.63. The number of rotatable bonds is 9. The summed E-state index contributed by atoms with van der Waals surface area (Å²) in [7, 11) is -3.72. The van der Waals surface area contributed by atoms with E-state index in [9.17, 15) is 17.6 Å². The van der Waals surface area contributed by atoms with E-state index in [1.807, 2.05) is 30.3 Å². The van der Waals surface area contributed by atoms with E-state index in [1.165, 1.54) is 36.4 Å². The van der Waals surface area contributed by atoms with Crippen molar-refractivity contribution < 1.29 is 22.3 Å². The fourth-order valence-electron chi connectivity index (χ4n) is 3.09. The first kappa shape index (κ1) is 23.4. The Morgan fingerprint density at radius 1 is 0.875 bits per heavy atom. The molecule has 3 aromatic rings. The maximum Gasteiger partial charge on any atom is 0.258 e. The van der Waals surface area contributed by atoms with Gasteiger partial charge in [0, 0.05) is 6.04 Å². The van der Waals surface area contributed by atoms with E-state index in [1.54, 1.807) is 26.0 Å². The number of amides is 1. The molecular formula is C24H25FN2O4S. The van der Waals surface area contributed by atoms with E-state index >= 15 is 0 Å². The normalized spacial score (nSPS) is 13.2. The smallest absolute Gasteiger partial charge is 0.258 e. The number of hydrogen-bond donors (Lipinski definition) is 2. The standard InChI is InChI=1S/C24H25FN2O4S/c1-17(20-8-10-21(25)11-9-20)26-24(28)16-31-22-12-14-23(15-13-22)32(29,30)27-18(2)19-6-4-3-5-7-19/h3-15,17-18,27H,16H2,1-2H3,(H,26,28). The third-order valence-corrected chi connectivity index (χ3v) is 6.44. The SMILES string of the molecule is CC(NC(=O)COc1ccc(S(=O)(=O)NC(C)c2ccccc2)cc1)c1ccc(F)cc1. The molecule has 32 heavy (non-hydrogen) atoms. The lowest BCUT2D eigenvalue weighted by Gasteiger charge is -2.16. The number of hydrogen-bond acceptors (Lipinski definition) is 4. The second-order valence-corrected chi connectivity index (χ2v) is 9.07. The molecule has 0 radical (unpaired) electrons. The average molecular weight is 457 g/mol. The molecule has 168 valence electrons. The van der Waals surface area contributed by atoms with Gasteiger partial charge in [-0.2, -0.15) is 0 Å². The van der Waals surface area contributed by atoms with E-state index in [0.717, 1.165) is 11.1 Å². The first-order chi connectivity index (χ1) is 15.2. The van der Waals surface area contributed by atoms with Gasteiger partial charge in [-0.3, -0.25) is 4.79 Å². The van der Waals surface area contributed by atoms with E-state index in [-0.39, 0.29) is 35.3 Å². The van der Waals surface area contributed by atoms with Crippen molar-refractivity contribution in [1.82, 2.24) is 10.0 Å². The fraction of sp³-hybridized carbons (Fsp3) is 0.208. The van der Waals surface area contributed by atoms with Crippen molar-refractivity contribution >= 4 is 15.9 Å². The Labute approximate surface area is 187 Å². The summed E-state index contributed by atoms with van der Waals surface area (Å²) in [5, 5.41) is 2.77. The van der Waals surface area contributed by atoms with E-state index < -0.39 is 10.0 Å². The van der Waals surface area contributed by atoms with Crippen molar-refractivity contribution in [3.05, 3.63) is 95.8 Å². The molecule has 0 fully saturated rings. The molecule has 8 heteroatoms.